The highest BCUT2D eigenvalue weighted by molar-refractivity contribution is 5.88. The van der Waals surface area contributed by atoms with Crippen LogP contribution in [0.25, 0.3) is 0 Å². The number of aliphatic hydroxyl groups is 1. The molecule has 2 rings (SSSR count). The van der Waals surface area contributed by atoms with Crippen molar-refractivity contribution in [1.29, 1.82) is 0 Å². The van der Waals surface area contributed by atoms with Crippen molar-refractivity contribution < 1.29 is 14.7 Å². The van der Waals surface area contributed by atoms with Crippen molar-refractivity contribution in [3.63, 3.8) is 0 Å². The second-order valence-corrected chi connectivity index (χ2v) is 5.03. The Bertz CT molecular complexity index is 674. The molecule has 120 valence electrons. The summed E-state index contributed by atoms with van der Waals surface area (Å²) < 4.78 is 0. The zero-order valence-electron chi connectivity index (χ0n) is 12.5. The summed E-state index contributed by atoms with van der Waals surface area (Å²) in [6.45, 7) is -0.381. The molecular weight excluding hydrogens is 294 g/mol. The van der Waals surface area contributed by atoms with E-state index in [2.05, 4.69) is 10.6 Å². The minimum Gasteiger partial charge on any atom is -0.399 e. The average Bonchev–Trinajstić information content (AvgIpc) is 2.58. The number of nitrogens with two attached hydrogens (primary N) is 1. The fourth-order valence-electron chi connectivity index (χ4n) is 2.15. The van der Waals surface area contributed by atoms with Crippen LogP contribution >= 0.6 is 0 Å². The molecule has 0 bridgehead atoms. The number of aliphatic hydroxyl groups excluding tert-OH is 1. The molecule has 1 atom stereocenters. The van der Waals surface area contributed by atoms with Crippen LogP contribution in [0.5, 0.6) is 0 Å². The Balaban J connectivity index is 2.08. The number of nitrogens with one attached hydrogen (secondary N) is 2. The van der Waals surface area contributed by atoms with E-state index in [9.17, 15) is 9.59 Å². The Hall–Kier alpha value is -2.86. The van der Waals surface area contributed by atoms with Crippen molar-refractivity contribution in [2.75, 3.05) is 12.3 Å². The molecule has 5 N–H and O–H groups in total. The van der Waals surface area contributed by atoms with Crippen molar-refractivity contribution in [2.24, 2.45) is 0 Å². The third-order valence-corrected chi connectivity index (χ3v) is 3.26. The number of carbonyl (C=O) groups is 2. The fourth-order valence-corrected chi connectivity index (χ4v) is 2.15. The molecule has 0 fully saturated rings. The normalized spacial score (nSPS) is 11.5. The molecule has 0 aliphatic carbocycles. The van der Waals surface area contributed by atoms with Crippen LogP contribution in [0, 0.1) is 0 Å². The second-order valence-electron chi connectivity index (χ2n) is 5.03. The van der Waals surface area contributed by atoms with E-state index < -0.39 is 18.6 Å². The van der Waals surface area contributed by atoms with Gasteiger partial charge in [-0.3, -0.25) is 9.59 Å². The maximum Gasteiger partial charge on any atom is 0.247 e. The lowest BCUT2D eigenvalue weighted by molar-refractivity contribution is -0.130. The van der Waals surface area contributed by atoms with Crippen LogP contribution in [0.2, 0.25) is 0 Å². The van der Waals surface area contributed by atoms with E-state index in [1.165, 1.54) is 0 Å². The molecule has 6 heteroatoms. The smallest absolute Gasteiger partial charge is 0.247 e. The van der Waals surface area contributed by atoms with Gasteiger partial charge in [0.05, 0.1) is 0 Å². The summed E-state index contributed by atoms with van der Waals surface area (Å²) >= 11 is 0. The molecule has 0 aromatic heterocycles. The van der Waals surface area contributed by atoms with Crippen molar-refractivity contribution >= 4 is 17.5 Å². The van der Waals surface area contributed by atoms with Gasteiger partial charge in [-0.05, 0) is 23.3 Å². The lowest BCUT2D eigenvalue weighted by Gasteiger charge is -2.18. The standard InChI is InChI=1S/C17H19N3O3/c18-14-8-4-5-12(9-14)10-19-17(23)16(20-15(22)11-21)13-6-2-1-3-7-13/h1-9,16,21H,10-11,18H2,(H,19,23)(H,20,22)/t16-/m1/s1. The molecule has 0 aliphatic heterocycles. The summed E-state index contributed by atoms with van der Waals surface area (Å²) in [7, 11) is 0. The van der Waals surface area contributed by atoms with Gasteiger partial charge in [-0.25, -0.2) is 0 Å². The highest BCUT2D eigenvalue weighted by atomic mass is 16.3. The van der Waals surface area contributed by atoms with Crippen molar-refractivity contribution in [3.8, 4) is 0 Å². The predicted octanol–water partition coefficient (Wildman–Crippen LogP) is 0.735. The lowest BCUT2D eigenvalue weighted by atomic mass is 10.1. The van der Waals surface area contributed by atoms with E-state index in [1.54, 1.807) is 42.5 Å². The maximum atomic E-state index is 12.4. The van der Waals surface area contributed by atoms with Crippen LogP contribution in [0.4, 0.5) is 5.69 Å². The molecule has 0 unspecified atom stereocenters. The first-order valence-electron chi connectivity index (χ1n) is 7.17. The number of nitrogen functional groups attached to an aromatic ring is 1. The van der Waals surface area contributed by atoms with E-state index in [4.69, 9.17) is 10.8 Å². The largest absolute Gasteiger partial charge is 0.399 e. The number of carbonyl (C=O) groups excluding carboxylic acids is 2. The summed E-state index contributed by atoms with van der Waals surface area (Å²) in [5.74, 6) is -0.974. The van der Waals surface area contributed by atoms with E-state index in [0.717, 1.165) is 5.56 Å². The van der Waals surface area contributed by atoms with Crippen molar-refractivity contribution in [1.82, 2.24) is 10.6 Å². The molecule has 0 saturated heterocycles. The van der Waals surface area contributed by atoms with E-state index in [0.29, 0.717) is 17.8 Å². The summed E-state index contributed by atoms with van der Waals surface area (Å²) in [5.41, 5.74) is 7.82. The van der Waals surface area contributed by atoms with Gasteiger partial charge in [0, 0.05) is 12.2 Å². The van der Waals surface area contributed by atoms with Crippen LogP contribution in [0.3, 0.4) is 0 Å². The fraction of sp³-hybridized carbons (Fsp3) is 0.176. The van der Waals surface area contributed by atoms with Crippen LogP contribution in [-0.4, -0.2) is 23.5 Å². The minimum atomic E-state index is -0.864. The number of benzene rings is 2. The Morgan fingerprint density at radius 2 is 1.83 bits per heavy atom. The maximum absolute atomic E-state index is 12.4. The van der Waals surface area contributed by atoms with Gasteiger partial charge in [-0.1, -0.05) is 42.5 Å². The highest BCUT2D eigenvalue weighted by Crippen LogP contribution is 2.13. The number of amides is 2. The van der Waals surface area contributed by atoms with Gasteiger partial charge in [-0.15, -0.1) is 0 Å². The first kappa shape index (κ1) is 16.5. The first-order valence-corrected chi connectivity index (χ1v) is 7.17. The molecule has 2 aromatic carbocycles. The van der Waals surface area contributed by atoms with E-state index in [1.807, 2.05) is 12.1 Å². The third kappa shape index (κ3) is 4.82. The van der Waals surface area contributed by atoms with E-state index >= 15 is 0 Å². The monoisotopic (exact) mass is 313 g/mol. The number of rotatable bonds is 6. The summed E-state index contributed by atoms with van der Waals surface area (Å²) in [4.78, 5) is 23.9. The Labute approximate surface area is 134 Å². The van der Waals surface area contributed by atoms with E-state index in [-0.39, 0.29) is 5.91 Å². The summed E-state index contributed by atoms with van der Waals surface area (Å²) in [6.07, 6.45) is 0. The van der Waals surface area contributed by atoms with Gasteiger partial charge in [0.1, 0.15) is 12.6 Å². The van der Waals surface area contributed by atoms with Crippen LogP contribution < -0.4 is 16.4 Å². The highest BCUT2D eigenvalue weighted by Gasteiger charge is 2.22. The Kier molecular flexibility index (Phi) is 5.71. The third-order valence-electron chi connectivity index (χ3n) is 3.26. The topological polar surface area (TPSA) is 104 Å². The van der Waals surface area contributed by atoms with Gasteiger partial charge in [0.2, 0.25) is 11.8 Å². The van der Waals surface area contributed by atoms with Crippen LogP contribution in [0.1, 0.15) is 17.2 Å². The van der Waals surface area contributed by atoms with Crippen LogP contribution in [0.15, 0.2) is 54.6 Å². The molecule has 0 heterocycles. The zero-order chi connectivity index (χ0) is 16.7. The zero-order valence-corrected chi connectivity index (χ0v) is 12.5. The van der Waals surface area contributed by atoms with Crippen LogP contribution in [-0.2, 0) is 16.1 Å². The molecule has 0 aliphatic rings. The number of anilines is 1. The average molecular weight is 313 g/mol. The van der Waals surface area contributed by atoms with Crippen molar-refractivity contribution in [3.05, 3.63) is 65.7 Å². The van der Waals surface area contributed by atoms with Gasteiger partial charge in [0.15, 0.2) is 0 Å². The van der Waals surface area contributed by atoms with Gasteiger partial charge < -0.3 is 21.5 Å². The molecule has 2 aromatic rings. The molecule has 0 radical (unpaired) electrons. The van der Waals surface area contributed by atoms with Crippen molar-refractivity contribution in [2.45, 2.75) is 12.6 Å². The minimum absolute atomic E-state index is 0.294. The lowest BCUT2D eigenvalue weighted by Crippen LogP contribution is -2.41. The second kappa shape index (κ2) is 7.95. The van der Waals surface area contributed by atoms with Gasteiger partial charge in [0.25, 0.3) is 0 Å². The molecule has 0 spiro atoms. The SMILES string of the molecule is Nc1cccc(CNC(=O)[C@H](NC(=O)CO)c2ccccc2)c1. The molecule has 23 heavy (non-hydrogen) atoms. The quantitative estimate of drug-likeness (QED) is 0.590. The Morgan fingerprint density at radius 3 is 2.48 bits per heavy atom. The molecular formula is C17H19N3O3. The molecule has 0 saturated carbocycles. The molecule has 6 nitrogen and oxygen atoms in total. The summed E-state index contributed by atoms with van der Waals surface area (Å²) in [5, 5.41) is 14.2. The van der Waals surface area contributed by atoms with Gasteiger partial charge >= 0.3 is 0 Å². The number of hydrogen-bond acceptors (Lipinski definition) is 4. The summed E-state index contributed by atoms with van der Waals surface area (Å²) in [6, 6.07) is 15.2. The predicted molar refractivity (Wildman–Crippen MR) is 87.1 cm³/mol. The van der Waals surface area contributed by atoms with Gasteiger partial charge in [-0.2, -0.15) is 0 Å². The first-order chi connectivity index (χ1) is 11.1. The Morgan fingerprint density at radius 1 is 1.09 bits per heavy atom. The molecule has 2 amide bonds. The number of hydrogen-bond donors (Lipinski definition) is 4.